The van der Waals surface area contributed by atoms with Crippen LogP contribution in [-0.2, 0) is 6.42 Å². The van der Waals surface area contributed by atoms with Crippen molar-refractivity contribution in [2.45, 2.75) is 25.8 Å². The van der Waals surface area contributed by atoms with Crippen LogP contribution in [0.1, 0.15) is 18.9 Å². The molecule has 0 spiro atoms. The first-order valence-electron chi connectivity index (χ1n) is 4.54. The van der Waals surface area contributed by atoms with Gasteiger partial charge in [-0.05, 0) is 32.4 Å². The van der Waals surface area contributed by atoms with Gasteiger partial charge in [-0.25, -0.2) is 0 Å². The largest absolute Gasteiger partial charge is 0.317 e. The Hall–Kier alpha value is -0.820. The molecule has 1 heteroatoms. The van der Waals surface area contributed by atoms with E-state index in [4.69, 9.17) is 0 Å². The van der Waals surface area contributed by atoms with Gasteiger partial charge in [-0.15, -0.1) is 0 Å². The van der Waals surface area contributed by atoms with E-state index in [0.717, 1.165) is 0 Å². The van der Waals surface area contributed by atoms with Crippen molar-refractivity contribution < 1.29 is 0 Å². The van der Waals surface area contributed by atoms with Crippen LogP contribution < -0.4 is 5.32 Å². The zero-order valence-corrected chi connectivity index (χ0v) is 7.88. The highest BCUT2D eigenvalue weighted by atomic mass is 14.8. The van der Waals surface area contributed by atoms with Gasteiger partial charge in [0, 0.05) is 6.04 Å². The number of hydrogen-bond acceptors (Lipinski definition) is 1. The van der Waals surface area contributed by atoms with Crippen LogP contribution in [0.5, 0.6) is 0 Å². The Morgan fingerprint density at radius 1 is 1.25 bits per heavy atom. The van der Waals surface area contributed by atoms with Crippen LogP contribution in [0.15, 0.2) is 30.3 Å². The molecule has 12 heavy (non-hydrogen) atoms. The molecular formula is C11H17N. The summed E-state index contributed by atoms with van der Waals surface area (Å²) in [6.07, 6.45) is 2.38. The molecule has 0 fully saturated rings. The van der Waals surface area contributed by atoms with Crippen LogP contribution in [0.2, 0.25) is 0 Å². The second kappa shape index (κ2) is 4.94. The van der Waals surface area contributed by atoms with Crippen LogP contribution in [0.25, 0.3) is 0 Å². The molecule has 0 radical (unpaired) electrons. The van der Waals surface area contributed by atoms with E-state index >= 15 is 0 Å². The van der Waals surface area contributed by atoms with E-state index in [0.29, 0.717) is 6.04 Å². The average Bonchev–Trinajstić information content (AvgIpc) is 2.16. The lowest BCUT2D eigenvalue weighted by molar-refractivity contribution is 0.565. The molecule has 0 amide bonds. The van der Waals surface area contributed by atoms with Crippen molar-refractivity contribution in [2.75, 3.05) is 7.05 Å². The van der Waals surface area contributed by atoms with Crippen LogP contribution in [0, 0.1) is 0 Å². The van der Waals surface area contributed by atoms with E-state index in [1.807, 2.05) is 7.05 Å². The van der Waals surface area contributed by atoms with Crippen molar-refractivity contribution in [3.05, 3.63) is 35.9 Å². The third-order valence-electron chi connectivity index (χ3n) is 2.20. The fourth-order valence-corrected chi connectivity index (χ4v) is 1.17. The molecule has 0 aliphatic heterocycles. The second-order valence-electron chi connectivity index (χ2n) is 3.21. The van der Waals surface area contributed by atoms with Crippen LogP contribution in [-0.4, -0.2) is 13.1 Å². The molecule has 1 aromatic rings. The number of benzene rings is 1. The highest BCUT2D eigenvalue weighted by Crippen LogP contribution is 2.03. The minimum Gasteiger partial charge on any atom is -0.317 e. The van der Waals surface area contributed by atoms with E-state index < -0.39 is 0 Å². The molecule has 66 valence electrons. The van der Waals surface area contributed by atoms with Crippen LogP contribution >= 0.6 is 0 Å². The summed E-state index contributed by atoms with van der Waals surface area (Å²) in [5, 5.41) is 3.24. The van der Waals surface area contributed by atoms with Gasteiger partial charge in [-0.3, -0.25) is 0 Å². The monoisotopic (exact) mass is 163 g/mol. The minimum absolute atomic E-state index is 0.616. The first kappa shape index (κ1) is 9.27. The molecule has 0 aliphatic rings. The first-order valence-corrected chi connectivity index (χ1v) is 4.54. The molecule has 0 heterocycles. The Labute approximate surface area is 74.8 Å². The van der Waals surface area contributed by atoms with Gasteiger partial charge in [0.1, 0.15) is 0 Å². The molecule has 0 saturated heterocycles. The Kier molecular flexibility index (Phi) is 3.81. The van der Waals surface area contributed by atoms with Crippen molar-refractivity contribution >= 4 is 0 Å². The SMILES string of the molecule is CN[C@H](C)CCc1ccccc1. The number of rotatable bonds is 4. The van der Waals surface area contributed by atoms with Gasteiger partial charge in [-0.1, -0.05) is 30.3 Å². The number of nitrogens with one attached hydrogen (secondary N) is 1. The maximum atomic E-state index is 3.24. The second-order valence-corrected chi connectivity index (χ2v) is 3.21. The molecule has 0 saturated carbocycles. The van der Waals surface area contributed by atoms with E-state index in [1.165, 1.54) is 18.4 Å². The Morgan fingerprint density at radius 3 is 2.50 bits per heavy atom. The van der Waals surface area contributed by atoms with E-state index in [2.05, 4.69) is 42.6 Å². The van der Waals surface area contributed by atoms with Gasteiger partial charge in [0.05, 0.1) is 0 Å². The van der Waals surface area contributed by atoms with Gasteiger partial charge in [-0.2, -0.15) is 0 Å². The topological polar surface area (TPSA) is 12.0 Å². The normalized spacial score (nSPS) is 12.8. The average molecular weight is 163 g/mol. The molecule has 0 aromatic heterocycles. The third kappa shape index (κ3) is 3.05. The summed E-state index contributed by atoms with van der Waals surface area (Å²) in [7, 11) is 2.01. The predicted octanol–water partition coefficient (Wildman–Crippen LogP) is 2.23. The van der Waals surface area contributed by atoms with Crippen molar-refractivity contribution in [1.29, 1.82) is 0 Å². The lowest BCUT2D eigenvalue weighted by Gasteiger charge is -2.08. The van der Waals surface area contributed by atoms with Gasteiger partial charge < -0.3 is 5.32 Å². The van der Waals surface area contributed by atoms with Crippen LogP contribution in [0.4, 0.5) is 0 Å². The molecule has 1 atom stereocenters. The van der Waals surface area contributed by atoms with E-state index in [1.54, 1.807) is 0 Å². The van der Waals surface area contributed by atoms with Gasteiger partial charge in [0.15, 0.2) is 0 Å². The number of aryl methyl sites for hydroxylation is 1. The predicted molar refractivity (Wildman–Crippen MR) is 53.3 cm³/mol. The molecule has 1 nitrogen and oxygen atoms in total. The van der Waals surface area contributed by atoms with E-state index in [9.17, 15) is 0 Å². The van der Waals surface area contributed by atoms with Gasteiger partial charge in [0.2, 0.25) is 0 Å². The smallest absolute Gasteiger partial charge is 0.00388 e. The molecule has 1 aromatic carbocycles. The maximum absolute atomic E-state index is 3.24. The summed E-state index contributed by atoms with van der Waals surface area (Å²) < 4.78 is 0. The zero-order valence-electron chi connectivity index (χ0n) is 7.88. The minimum atomic E-state index is 0.616. The Balaban J connectivity index is 2.33. The quantitative estimate of drug-likeness (QED) is 0.717. The highest BCUT2D eigenvalue weighted by molar-refractivity contribution is 5.14. The number of hydrogen-bond donors (Lipinski definition) is 1. The van der Waals surface area contributed by atoms with Crippen molar-refractivity contribution in [3.8, 4) is 0 Å². The summed E-state index contributed by atoms with van der Waals surface area (Å²) in [6.45, 7) is 2.21. The van der Waals surface area contributed by atoms with Gasteiger partial charge in [0.25, 0.3) is 0 Å². The Bertz CT molecular complexity index is 206. The zero-order chi connectivity index (χ0) is 8.81. The summed E-state index contributed by atoms with van der Waals surface area (Å²) in [6, 6.07) is 11.2. The Morgan fingerprint density at radius 2 is 1.92 bits per heavy atom. The summed E-state index contributed by atoms with van der Waals surface area (Å²) >= 11 is 0. The fraction of sp³-hybridized carbons (Fsp3) is 0.455. The fourth-order valence-electron chi connectivity index (χ4n) is 1.17. The van der Waals surface area contributed by atoms with Crippen molar-refractivity contribution in [1.82, 2.24) is 5.32 Å². The third-order valence-corrected chi connectivity index (χ3v) is 2.20. The van der Waals surface area contributed by atoms with Gasteiger partial charge >= 0.3 is 0 Å². The molecule has 0 bridgehead atoms. The standard InChI is InChI=1S/C11H17N/c1-10(12-2)8-9-11-6-4-3-5-7-11/h3-7,10,12H,8-9H2,1-2H3/t10-/m1/s1. The van der Waals surface area contributed by atoms with E-state index in [-0.39, 0.29) is 0 Å². The molecule has 1 rings (SSSR count). The summed E-state index contributed by atoms with van der Waals surface area (Å²) in [5.74, 6) is 0. The molecule has 0 aliphatic carbocycles. The summed E-state index contributed by atoms with van der Waals surface area (Å²) in [4.78, 5) is 0. The van der Waals surface area contributed by atoms with Crippen LogP contribution in [0.3, 0.4) is 0 Å². The summed E-state index contributed by atoms with van der Waals surface area (Å²) in [5.41, 5.74) is 1.43. The molecule has 1 N–H and O–H groups in total. The lowest BCUT2D eigenvalue weighted by Crippen LogP contribution is -2.21. The lowest BCUT2D eigenvalue weighted by atomic mass is 10.1. The highest BCUT2D eigenvalue weighted by Gasteiger charge is 1.97. The molecular weight excluding hydrogens is 146 g/mol. The van der Waals surface area contributed by atoms with Crippen molar-refractivity contribution in [3.63, 3.8) is 0 Å². The first-order chi connectivity index (χ1) is 5.83. The molecule has 0 unspecified atom stereocenters. The van der Waals surface area contributed by atoms with Crippen molar-refractivity contribution in [2.24, 2.45) is 0 Å². The maximum Gasteiger partial charge on any atom is 0.00388 e.